The van der Waals surface area contributed by atoms with Gasteiger partial charge in [-0.25, -0.2) is 0 Å². The van der Waals surface area contributed by atoms with Gasteiger partial charge in [0.15, 0.2) is 0 Å². The zero-order valence-electron chi connectivity index (χ0n) is 10.5. The summed E-state index contributed by atoms with van der Waals surface area (Å²) in [4.78, 5) is 12.7. The zero-order valence-corrected chi connectivity index (χ0v) is 12.1. The topological polar surface area (TPSA) is 50.4 Å². The lowest BCUT2D eigenvalue weighted by molar-refractivity contribution is -0.121. The summed E-state index contributed by atoms with van der Waals surface area (Å²) >= 11 is 7.35. The van der Waals surface area contributed by atoms with Crippen LogP contribution >= 0.6 is 22.9 Å². The first kappa shape index (κ1) is 15.4. The van der Waals surface area contributed by atoms with Crippen LogP contribution in [0, 0.1) is 0 Å². The van der Waals surface area contributed by atoms with Gasteiger partial charge in [0.25, 0.3) is 0 Å². The Morgan fingerprint density at radius 3 is 2.89 bits per heavy atom. The molecule has 102 valence electrons. The minimum absolute atomic E-state index is 0.0769. The van der Waals surface area contributed by atoms with Crippen molar-refractivity contribution in [2.24, 2.45) is 0 Å². The predicted molar refractivity (Wildman–Crippen MR) is 75.4 cm³/mol. The average molecular weight is 291 g/mol. The molecule has 0 aliphatic carbocycles. The molecule has 1 aromatic rings. The number of hydrogen-bond donors (Lipinski definition) is 2. The second kappa shape index (κ2) is 9.33. The molecule has 1 heterocycles. The molecule has 4 nitrogen and oxygen atoms in total. The van der Waals surface area contributed by atoms with Gasteiger partial charge in [0, 0.05) is 38.0 Å². The third-order valence-corrected chi connectivity index (χ3v) is 3.63. The third-order valence-electron chi connectivity index (χ3n) is 2.33. The van der Waals surface area contributed by atoms with E-state index in [0.29, 0.717) is 19.6 Å². The van der Waals surface area contributed by atoms with Crippen LogP contribution in [0.5, 0.6) is 0 Å². The predicted octanol–water partition coefficient (Wildman–Crippen LogP) is 1.69. The van der Waals surface area contributed by atoms with Crippen molar-refractivity contribution in [3.8, 4) is 0 Å². The van der Waals surface area contributed by atoms with Gasteiger partial charge in [-0.3, -0.25) is 4.79 Å². The molecule has 2 N–H and O–H groups in total. The highest BCUT2D eigenvalue weighted by Crippen LogP contribution is 2.22. The van der Waals surface area contributed by atoms with Gasteiger partial charge >= 0.3 is 0 Å². The molecule has 0 atom stereocenters. The summed E-state index contributed by atoms with van der Waals surface area (Å²) in [5.41, 5.74) is 0. The number of amides is 1. The van der Waals surface area contributed by atoms with Crippen molar-refractivity contribution in [2.45, 2.75) is 12.8 Å². The van der Waals surface area contributed by atoms with Crippen LogP contribution in [0.4, 0.5) is 0 Å². The van der Waals surface area contributed by atoms with E-state index in [4.69, 9.17) is 16.3 Å². The van der Waals surface area contributed by atoms with E-state index in [1.807, 2.05) is 12.1 Å². The zero-order chi connectivity index (χ0) is 13.2. The van der Waals surface area contributed by atoms with E-state index >= 15 is 0 Å². The Hall–Kier alpha value is -0.620. The fraction of sp³-hybridized carbons (Fsp3) is 0.583. The number of ether oxygens (including phenoxy) is 1. The van der Waals surface area contributed by atoms with Gasteiger partial charge in [-0.05, 0) is 18.6 Å². The summed E-state index contributed by atoms with van der Waals surface area (Å²) < 4.78 is 5.67. The smallest absolute Gasteiger partial charge is 0.220 e. The van der Waals surface area contributed by atoms with Crippen LogP contribution in [0.25, 0.3) is 0 Å². The lowest BCUT2D eigenvalue weighted by atomic mass is 10.2. The molecule has 1 aromatic heterocycles. The molecule has 0 aliphatic rings. The SMILES string of the molecule is COCCNCCNC(=O)CCc1ccc(Cl)s1. The number of halogens is 1. The van der Waals surface area contributed by atoms with Gasteiger partial charge in [0.2, 0.25) is 5.91 Å². The lowest BCUT2D eigenvalue weighted by Gasteiger charge is -2.06. The van der Waals surface area contributed by atoms with Gasteiger partial charge in [-0.2, -0.15) is 0 Å². The number of nitrogens with one attached hydrogen (secondary N) is 2. The first-order chi connectivity index (χ1) is 8.72. The lowest BCUT2D eigenvalue weighted by Crippen LogP contribution is -2.33. The molecule has 0 unspecified atom stereocenters. The molecule has 0 radical (unpaired) electrons. The Labute approximate surface area is 117 Å². The van der Waals surface area contributed by atoms with Gasteiger partial charge < -0.3 is 15.4 Å². The first-order valence-electron chi connectivity index (χ1n) is 5.93. The Morgan fingerprint density at radius 1 is 1.39 bits per heavy atom. The van der Waals surface area contributed by atoms with E-state index < -0.39 is 0 Å². The molecule has 0 fully saturated rings. The van der Waals surface area contributed by atoms with Crippen molar-refractivity contribution in [1.29, 1.82) is 0 Å². The van der Waals surface area contributed by atoms with Crippen molar-refractivity contribution in [3.63, 3.8) is 0 Å². The quantitative estimate of drug-likeness (QED) is 0.681. The van der Waals surface area contributed by atoms with E-state index in [9.17, 15) is 4.79 Å². The van der Waals surface area contributed by atoms with Crippen molar-refractivity contribution >= 4 is 28.8 Å². The normalized spacial score (nSPS) is 10.6. The van der Waals surface area contributed by atoms with Crippen molar-refractivity contribution in [3.05, 3.63) is 21.3 Å². The summed E-state index contributed by atoms with van der Waals surface area (Å²) in [6.45, 7) is 2.90. The number of aryl methyl sites for hydroxylation is 1. The van der Waals surface area contributed by atoms with Crippen LogP contribution in [0.2, 0.25) is 4.34 Å². The Balaban J connectivity index is 2.00. The van der Waals surface area contributed by atoms with Gasteiger partial charge in [-0.15, -0.1) is 11.3 Å². The molecule has 6 heteroatoms. The second-order valence-electron chi connectivity index (χ2n) is 3.80. The summed E-state index contributed by atoms with van der Waals surface area (Å²) in [6.07, 6.45) is 1.26. The van der Waals surface area contributed by atoms with Crippen LogP contribution in [0.15, 0.2) is 12.1 Å². The number of rotatable bonds is 9. The van der Waals surface area contributed by atoms with Gasteiger partial charge in [0.1, 0.15) is 0 Å². The number of thiophene rings is 1. The Morgan fingerprint density at radius 2 is 2.22 bits per heavy atom. The fourth-order valence-corrected chi connectivity index (χ4v) is 2.49. The summed E-state index contributed by atoms with van der Waals surface area (Å²) in [7, 11) is 1.67. The highest BCUT2D eigenvalue weighted by atomic mass is 35.5. The van der Waals surface area contributed by atoms with Crippen LogP contribution in [0.1, 0.15) is 11.3 Å². The first-order valence-corrected chi connectivity index (χ1v) is 7.12. The number of hydrogen-bond acceptors (Lipinski definition) is 4. The maximum Gasteiger partial charge on any atom is 0.220 e. The van der Waals surface area contributed by atoms with E-state index in [0.717, 1.165) is 28.7 Å². The molecule has 0 bridgehead atoms. The molecule has 0 saturated carbocycles. The summed E-state index contributed by atoms with van der Waals surface area (Å²) in [5, 5.41) is 6.03. The number of carbonyl (C=O) groups is 1. The Kier molecular flexibility index (Phi) is 8.00. The molecular formula is C12H19ClN2O2S. The van der Waals surface area contributed by atoms with Crippen LogP contribution in [0.3, 0.4) is 0 Å². The maximum absolute atomic E-state index is 11.5. The van der Waals surface area contributed by atoms with E-state index in [1.165, 1.54) is 11.3 Å². The number of methoxy groups -OCH3 is 1. The third kappa shape index (κ3) is 6.96. The van der Waals surface area contributed by atoms with E-state index in [-0.39, 0.29) is 5.91 Å². The van der Waals surface area contributed by atoms with Crippen LogP contribution in [-0.4, -0.2) is 39.3 Å². The number of carbonyl (C=O) groups excluding carboxylic acids is 1. The summed E-state index contributed by atoms with van der Waals surface area (Å²) in [6, 6.07) is 3.83. The monoisotopic (exact) mass is 290 g/mol. The van der Waals surface area contributed by atoms with Crippen molar-refractivity contribution in [2.75, 3.05) is 33.4 Å². The van der Waals surface area contributed by atoms with Crippen LogP contribution < -0.4 is 10.6 Å². The maximum atomic E-state index is 11.5. The fourth-order valence-electron chi connectivity index (χ4n) is 1.40. The average Bonchev–Trinajstić information content (AvgIpc) is 2.77. The molecular weight excluding hydrogens is 272 g/mol. The molecule has 1 amide bonds. The highest BCUT2D eigenvalue weighted by molar-refractivity contribution is 7.16. The van der Waals surface area contributed by atoms with E-state index in [2.05, 4.69) is 10.6 Å². The standard InChI is InChI=1S/C12H19ClN2O2S/c1-17-9-8-14-6-7-15-12(16)5-3-10-2-4-11(13)18-10/h2,4,14H,3,5-9H2,1H3,(H,15,16). The van der Waals surface area contributed by atoms with Crippen molar-refractivity contribution in [1.82, 2.24) is 10.6 Å². The molecule has 18 heavy (non-hydrogen) atoms. The highest BCUT2D eigenvalue weighted by Gasteiger charge is 2.03. The van der Waals surface area contributed by atoms with Crippen molar-refractivity contribution < 1.29 is 9.53 Å². The van der Waals surface area contributed by atoms with Gasteiger partial charge in [0.05, 0.1) is 10.9 Å². The van der Waals surface area contributed by atoms with E-state index in [1.54, 1.807) is 7.11 Å². The molecule has 0 aliphatic heterocycles. The summed E-state index contributed by atoms with van der Waals surface area (Å²) in [5.74, 6) is 0.0769. The molecule has 0 aromatic carbocycles. The second-order valence-corrected chi connectivity index (χ2v) is 5.60. The molecule has 0 saturated heterocycles. The molecule has 1 rings (SSSR count). The molecule has 0 spiro atoms. The largest absolute Gasteiger partial charge is 0.383 e. The van der Waals surface area contributed by atoms with Gasteiger partial charge in [-0.1, -0.05) is 11.6 Å². The van der Waals surface area contributed by atoms with Crippen LogP contribution in [-0.2, 0) is 16.0 Å². The minimum atomic E-state index is 0.0769. The Bertz CT molecular complexity index is 358. The minimum Gasteiger partial charge on any atom is -0.383 e.